The van der Waals surface area contributed by atoms with Gasteiger partial charge in [-0.2, -0.15) is 0 Å². The Balaban J connectivity index is 3.28. The highest BCUT2D eigenvalue weighted by molar-refractivity contribution is 5.59. The molecule has 66 valence electrons. The fourth-order valence-corrected chi connectivity index (χ4v) is 1.22. The molecule has 0 bridgehead atoms. The van der Waals surface area contributed by atoms with Gasteiger partial charge in [0.1, 0.15) is 0 Å². The number of rotatable bonds is 2. The van der Waals surface area contributed by atoms with E-state index < -0.39 is 0 Å². The molecule has 1 rings (SSSR count). The molecule has 3 nitrogen and oxygen atoms in total. The summed E-state index contributed by atoms with van der Waals surface area (Å²) in [5.74, 6) is 0.626. The second-order valence-corrected chi connectivity index (χ2v) is 2.54. The van der Waals surface area contributed by atoms with Crippen molar-refractivity contribution in [2.24, 2.45) is 0 Å². The van der Waals surface area contributed by atoms with Gasteiger partial charge in [0.25, 0.3) is 0 Å². The van der Waals surface area contributed by atoms with Crippen LogP contribution in [0.1, 0.15) is 12.5 Å². The van der Waals surface area contributed by atoms with Gasteiger partial charge >= 0.3 is 0 Å². The van der Waals surface area contributed by atoms with Crippen LogP contribution >= 0.6 is 0 Å². The standard InChI is InChI=1S/C9H13NO2/c1-3-6-7(10)4-5-8(11)9(6)12-2/h4-5,11H,3,10H2,1-2H3. The first kappa shape index (κ1) is 8.71. The first-order chi connectivity index (χ1) is 5.70. The lowest BCUT2D eigenvalue weighted by molar-refractivity contribution is 0.370. The van der Waals surface area contributed by atoms with Gasteiger partial charge in [0, 0.05) is 11.3 Å². The minimum absolute atomic E-state index is 0.142. The highest BCUT2D eigenvalue weighted by Gasteiger charge is 2.09. The number of methoxy groups -OCH3 is 1. The lowest BCUT2D eigenvalue weighted by atomic mass is 10.1. The maximum Gasteiger partial charge on any atom is 0.165 e. The molecule has 0 radical (unpaired) electrons. The van der Waals surface area contributed by atoms with Gasteiger partial charge in [-0.3, -0.25) is 0 Å². The first-order valence-electron chi connectivity index (χ1n) is 3.85. The topological polar surface area (TPSA) is 55.5 Å². The van der Waals surface area contributed by atoms with Crippen LogP contribution in [-0.2, 0) is 6.42 Å². The maximum atomic E-state index is 9.37. The average Bonchev–Trinajstić information content (AvgIpc) is 2.08. The third-order valence-electron chi connectivity index (χ3n) is 1.83. The van der Waals surface area contributed by atoms with Crippen molar-refractivity contribution < 1.29 is 9.84 Å². The molecule has 0 saturated carbocycles. The Kier molecular flexibility index (Phi) is 2.43. The highest BCUT2D eigenvalue weighted by atomic mass is 16.5. The number of benzene rings is 1. The van der Waals surface area contributed by atoms with Crippen LogP contribution in [0.15, 0.2) is 12.1 Å². The Morgan fingerprint density at radius 3 is 2.58 bits per heavy atom. The van der Waals surface area contributed by atoms with Crippen molar-refractivity contribution in [2.45, 2.75) is 13.3 Å². The summed E-state index contributed by atoms with van der Waals surface area (Å²) in [5.41, 5.74) is 7.20. The van der Waals surface area contributed by atoms with Crippen LogP contribution in [0.3, 0.4) is 0 Å². The Labute approximate surface area is 71.8 Å². The number of phenols is 1. The Hall–Kier alpha value is -1.38. The zero-order valence-electron chi connectivity index (χ0n) is 7.29. The molecule has 0 unspecified atom stereocenters. The van der Waals surface area contributed by atoms with E-state index >= 15 is 0 Å². The average molecular weight is 167 g/mol. The van der Waals surface area contributed by atoms with Crippen LogP contribution in [0.4, 0.5) is 5.69 Å². The van der Waals surface area contributed by atoms with Crippen molar-refractivity contribution >= 4 is 5.69 Å². The van der Waals surface area contributed by atoms with E-state index in [-0.39, 0.29) is 5.75 Å². The van der Waals surface area contributed by atoms with Crippen LogP contribution in [0.2, 0.25) is 0 Å². The van der Waals surface area contributed by atoms with Crippen molar-refractivity contribution in [3.8, 4) is 11.5 Å². The van der Waals surface area contributed by atoms with Crippen LogP contribution < -0.4 is 10.5 Å². The molecule has 0 saturated heterocycles. The molecule has 3 heteroatoms. The third kappa shape index (κ3) is 1.30. The molecule has 0 aromatic heterocycles. The van der Waals surface area contributed by atoms with Crippen molar-refractivity contribution in [3.05, 3.63) is 17.7 Å². The third-order valence-corrected chi connectivity index (χ3v) is 1.83. The van der Waals surface area contributed by atoms with Crippen molar-refractivity contribution in [1.29, 1.82) is 0 Å². The lowest BCUT2D eigenvalue weighted by Gasteiger charge is -2.10. The van der Waals surface area contributed by atoms with Crippen LogP contribution in [-0.4, -0.2) is 12.2 Å². The van der Waals surface area contributed by atoms with Gasteiger partial charge in [-0.25, -0.2) is 0 Å². The van der Waals surface area contributed by atoms with Gasteiger partial charge in [-0.05, 0) is 18.6 Å². The summed E-state index contributed by atoms with van der Waals surface area (Å²) < 4.78 is 5.02. The Morgan fingerprint density at radius 1 is 1.50 bits per heavy atom. The summed E-state index contributed by atoms with van der Waals surface area (Å²) in [7, 11) is 1.52. The van der Waals surface area contributed by atoms with E-state index in [0.29, 0.717) is 11.4 Å². The molecule has 0 fully saturated rings. The fourth-order valence-electron chi connectivity index (χ4n) is 1.22. The predicted molar refractivity (Wildman–Crippen MR) is 48.4 cm³/mol. The van der Waals surface area contributed by atoms with E-state index in [0.717, 1.165) is 12.0 Å². The zero-order chi connectivity index (χ0) is 9.14. The molecule has 0 heterocycles. The van der Waals surface area contributed by atoms with Gasteiger partial charge in [-0.1, -0.05) is 6.92 Å². The number of phenolic OH excluding ortho intramolecular Hbond substituents is 1. The number of hydrogen-bond donors (Lipinski definition) is 2. The van der Waals surface area contributed by atoms with Crippen LogP contribution in [0.5, 0.6) is 11.5 Å². The fraction of sp³-hybridized carbons (Fsp3) is 0.333. The second kappa shape index (κ2) is 3.34. The zero-order valence-corrected chi connectivity index (χ0v) is 7.29. The summed E-state index contributed by atoms with van der Waals surface area (Å²) >= 11 is 0. The van der Waals surface area contributed by atoms with Gasteiger partial charge < -0.3 is 15.6 Å². The molecule has 0 amide bonds. The van der Waals surface area contributed by atoms with E-state index in [2.05, 4.69) is 0 Å². The first-order valence-corrected chi connectivity index (χ1v) is 3.85. The summed E-state index contributed by atoms with van der Waals surface area (Å²) in [6.07, 6.45) is 0.753. The molecule has 0 aliphatic carbocycles. The van der Waals surface area contributed by atoms with Gasteiger partial charge in [-0.15, -0.1) is 0 Å². The molecule has 0 spiro atoms. The summed E-state index contributed by atoms with van der Waals surface area (Å²) in [6.45, 7) is 1.97. The molecule has 3 N–H and O–H groups in total. The summed E-state index contributed by atoms with van der Waals surface area (Å²) in [4.78, 5) is 0. The molecule has 1 aromatic carbocycles. The monoisotopic (exact) mass is 167 g/mol. The molecular formula is C9H13NO2. The number of anilines is 1. The van der Waals surface area contributed by atoms with Gasteiger partial charge in [0.15, 0.2) is 11.5 Å². The van der Waals surface area contributed by atoms with E-state index in [9.17, 15) is 5.11 Å². The number of aromatic hydroxyl groups is 1. The number of ether oxygens (including phenoxy) is 1. The lowest BCUT2D eigenvalue weighted by Crippen LogP contribution is -1.97. The molecular weight excluding hydrogens is 154 g/mol. The highest BCUT2D eigenvalue weighted by Crippen LogP contribution is 2.33. The minimum Gasteiger partial charge on any atom is -0.504 e. The van der Waals surface area contributed by atoms with Crippen molar-refractivity contribution in [2.75, 3.05) is 12.8 Å². The molecule has 0 aliphatic heterocycles. The normalized spacial score (nSPS) is 9.83. The van der Waals surface area contributed by atoms with E-state index in [1.165, 1.54) is 13.2 Å². The van der Waals surface area contributed by atoms with E-state index in [1.54, 1.807) is 6.07 Å². The molecule has 0 aliphatic rings. The predicted octanol–water partition coefficient (Wildman–Crippen LogP) is 1.55. The van der Waals surface area contributed by atoms with Gasteiger partial charge in [0.2, 0.25) is 0 Å². The second-order valence-electron chi connectivity index (χ2n) is 2.54. The SMILES string of the molecule is CCc1c(N)ccc(O)c1OC. The number of hydrogen-bond acceptors (Lipinski definition) is 3. The molecule has 12 heavy (non-hydrogen) atoms. The molecule has 1 aromatic rings. The van der Waals surface area contributed by atoms with Crippen LogP contribution in [0.25, 0.3) is 0 Å². The van der Waals surface area contributed by atoms with Gasteiger partial charge in [0.05, 0.1) is 7.11 Å². The molecule has 0 atom stereocenters. The number of nitrogens with two attached hydrogens (primary N) is 1. The quantitative estimate of drug-likeness (QED) is 0.519. The Morgan fingerprint density at radius 2 is 2.17 bits per heavy atom. The summed E-state index contributed by atoms with van der Waals surface area (Å²) in [6, 6.07) is 3.21. The Bertz CT molecular complexity index is 255. The van der Waals surface area contributed by atoms with E-state index in [4.69, 9.17) is 10.5 Å². The van der Waals surface area contributed by atoms with Crippen LogP contribution in [0, 0.1) is 0 Å². The summed E-state index contributed by atoms with van der Waals surface area (Å²) in [5, 5.41) is 9.37. The van der Waals surface area contributed by atoms with E-state index in [1.807, 2.05) is 6.92 Å². The maximum absolute atomic E-state index is 9.37. The minimum atomic E-state index is 0.142. The number of nitrogen functional groups attached to an aromatic ring is 1. The van der Waals surface area contributed by atoms with Crippen molar-refractivity contribution in [3.63, 3.8) is 0 Å². The van der Waals surface area contributed by atoms with Crippen molar-refractivity contribution in [1.82, 2.24) is 0 Å². The largest absolute Gasteiger partial charge is 0.504 e. The smallest absolute Gasteiger partial charge is 0.165 e.